The van der Waals surface area contributed by atoms with Crippen molar-refractivity contribution in [2.45, 2.75) is 26.0 Å². The molecule has 2 rings (SSSR count). The molecule has 0 fully saturated rings. The fourth-order valence-electron chi connectivity index (χ4n) is 1.45. The quantitative estimate of drug-likeness (QED) is 0.902. The topological polar surface area (TPSA) is 50.9 Å². The van der Waals surface area contributed by atoms with Crippen molar-refractivity contribution in [3.63, 3.8) is 0 Å². The Bertz CT molecular complexity index is 531. The van der Waals surface area contributed by atoms with E-state index in [1.807, 2.05) is 0 Å². The van der Waals surface area contributed by atoms with E-state index in [0.717, 1.165) is 5.52 Å². The SMILES string of the molecule is CC(C)(O)Cn1nnc2cc(Cl)c(Cl)cc21. The van der Waals surface area contributed by atoms with Gasteiger partial charge >= 0.3 is 0 Å². The lowest BCUT2D eigenvalue weighted by Gasteiger charge is -2.16. The van der Waals surface area contributed by atoms with Gasteiger partial charge in [0.25, 0.3) is 0 Å². The summed E-state index contributed by atoms with van der Waals surface area (Å²) in [6.07, 6.45) is 0. The summed E-state index contributed by atoms with van der Waals surface area (Å²) in [5.41, 5.74) is 0.572. The van der Waals surface area contributed by atoms with Gasteiger partial charge in [-0.25, -0.2) is 4.68 Å². The molecule has 1 heterocycles. The minimum atomic E-state index is -0.854. The molecule has 16 heavy (non-hydrogen) atoms. The molecule has 0 atom stereocenters. The molecule has 0 radical (unpaired) electrons. The Kier molecular flexibility index (Phi) is 2.82. The van der Waals surface area contributed by atoms with Crippen molar-refractivity contribution in [2.24, 2.45) is 0 Å². The first-order chi connectivity index (χ1) is 7.37. The Hall–Kier alpha value is -0.840. The van der Waals surface area contributed by atoms with E-state index in [9.17, 15) is 5.11 Å². The number of fused-ring (bicyclic) bond motifs is 1. The zero-order valence-electron chi connectivity index (χ0n) is 8.91. The van der Waals surface area contributed by atoms with Gasteiger partial charge in [-0.2, -0.15) is 0 Å². The molecule has 0 unspecified atom stereocenters. The lowest BCUT2D eigenvalue weighted by Crippen LogP contribution is -2.26. The second-order valence-corrected chi connectivity index (χ2v) is 5.13. The highest BCUT2D eigenvalue weighted by Crippen LogP contribution is 2.27. The average molecular weight is 260 g/mol. The van der Waals surface area contributed by atoms with E-state index in [0.29, 0.717) is 22.1 Å². The van der Waals surface area contributed by atoms with Crippen molar-refractivity contribution < 1.29 is 5.11 Å². The minimum Gasteiger partial charge on any atom is -0.389 e. The normalized spacial score (nSPS) is 12.3. The number of hydrogen-bond donors (Lipinski definition) is 1. The van der Waals surface area contributed by atoms with Crippen LogP contribution in [-0.2, 0) is 6.54 Å². The van der Waals surface area contributed by atoms with Crippen molar-refractivity contribution in [3.8, 4) is 0 Å². The summed E-state index contributed by atoms with van der Waals surface area (Å²) >= 11 is 11.8. The third kappa shape index (κ3) is 2.29. The monoisotopic (exact) mass is 259 g/mol. The zero-order valence-corrected chi connectivity index (χ0v) is 10.4. The Morgan fingerprint density at radius 2 is 1.94 bits per heavy atom. The van der Waals surface area contributed by atoms with Crippen molar-refractivity contribution in [1.29, 1.82) is 0 Å². The molecule has 4 nitrogen and oxygen atoms in total. The van der Waals surface area contributed by atoms with E-state index >= 15 is 0 Å². The molecule has 0 aliphatic carbocycles. The lowest BCUT2D eigenvalue weighted by atomic mass is 10.1. The second-order valence-electron chi connectivity index (χ2n) is 4.31. The van der Waals surface area contributed by atoms with Gasteiger partial charge in [-0.05, 0) is 26.0 Å². The summed E-state index contributed by atoms with van der Waals surface area (Å²) in [6.45, 7) is 3.76. The number of hydrogen-bond acceptors (Lipinski definition) is 3. The Morgan fingerprint density at radius 3 is 2.56 bits per heavy atom. The van der Waals surface area contributed by atoms with Crippen molar-refractivity contribution in [3.05, 3.63) is 22.2 Å². The Labute approximate surface area is 103 Å². The number of benzene rings is 1. The van der Waals surface area contributed by atoms with Crippen LogP contribution in [0.2, 0.25) is 10.0 Å². The lowest BCUT2D eigenvalue weighted by molar-refractivity contribution is 0.0585. The Morgan fingerprint density at radius 1 is 1.31 bits per heavy atom. The molecule has 0 saturated heterocycles. The molecule has 0 aliphatic heterocycles. The number of rotatable bonds is 2. The van der Waals surface area contributed by atoms with E-state index in [1.54, 1.807) is 30.7 Å². The van der Waals surface area contributed by atoms with Gasteiger partial charge in [0.1, 0.15) is 5.52 Å². The highest BCUT2D eigenvalue weighted by Gasteiger charge is 2.17. The average Bonchev–Trinajstić information content (AvgIpc) is 2.47. The van der Waals surface area contributed by atoms with Crippen LogP contribution in [0.1, 0.15) is 13.8 Å². The predicted octanol–water partition coefficient (Wildman–Crippen LogP) is 2.51. The van der Waals surface area contributed by atoms with Gasteiger partial charge in [-0.15, -0.1) is 5.10 Å². The summed E-state index contributed by atoms with van der Waals surface area (Å²) in [7, 11) is 0. The van der Waals surface area contributed by atoms with Gasteiger partial charge in [0.2, 0.25) is 0 Å². The number of halogens is 2. The summed E-state index contributed by atoms with van der Waals surface area (Å²) in [6, 6.07) is 3.36. The summed E-state index contributed by atoms with van der Waals surface area (Å²) in [5.74, 6) is 0. The van der Waals surface area contributed by atoms with Crippen molar-refractivity contribution in [1.82, 2.24) is 15.0 Å². The molecule has 6 heteroatoms. The van der Waals surface area contributed by atoms with Gasteiger partial charge in [-0.1, -0.05) is 28.4 Å². The molecule has 0 saturated carbocycles. The highest BCUT2D eigenvalue weighted by molar-refractivity contribution is 6.42. The Balaban J connectivity index is 2.52. The van der Waals surface area contributed by atoms with Crippen LogP contribution in [0, 0.1) is 0 Å². The molecular formula is C10H11Cl2N3O. The van der Waals surface area contributed by atoms with Crippen LogP contribution in [0.25, 0.3) is 11.0 Å². The van der Waals surface area contributed by atoms with Crippen LogP contribution in [0.4, 0.5) is 0 Å². The van der Waals surface area contributed by atoms with E-state index in [4.69, 9.17) is 23.2 Å². The van der Waals surface area contributed by atoms with Gasteiger partial charge in [0.15, 0.2) is 0 Å². The van der Waals surface area contributed by atoms with E-state index in [1.165, 1.54) is 0 Å². The summed E-state index contributed by atoms with van der Waals surface area (Å²) < 4.78 is 1.61. The molecule has 0 aliphatic rings. The third-order valence-corrected chi connectivity index (χ3v) is 2.81. The van der Waals surface area contributed by atoms with Crippen LogP contribution in [0.5, 0.6) is 0 Å². The molecule has 1 N–H and O–H groups in total. The number of nitrogens with zero attached hydrogens (tertiary/aromatic N) is 3. The summed E-state index contributed by atoms with van der Waals surface area (Å²) in [5, 5.41) is 18.5. The molecule has 1 aromatic heterocycles. The van der Waals surface area contributed by atoms with E-state index in [2.05, 4.69) is 10.3 Å². The van der Waals surface area contributed by atoms with E-state index in [-0.39, 0.29) is 0 Å². The third-order valence-electron chi connectivity index (χ3n) is 2.09. The molecular weight excluding hydrogens is 249 g/mol. The minimum absolute atomic E-state index is 0.349. The maximum atomic E-state index is 9.73. The zero-order chi connectivity index (χ0) is 11.9. The van der Waals surface area contributed by atoms with Crippen LogP contribution < -0.4 is 0 Å². The molecule has 2 aromatic rings. The standard InChI is InChI=1S/C10H11Cl2N3O/c1-10(2,16)5-15-9-4-7(12)6(11)3-8(9)13-14-15/h3-4,16H,5H2,1-2H3. The van der Waals surface area contributed by atoms with Crippen molar-refractivity contribution in [2.75, 3.05) is 0 Å². The maximum absolute atomic E-state index is 9.73. The van der Waals surface area contributed by atoms with Gasteiger partial charge in [0, 0.05) is 0 Å². The van der Waals surface area contributed by atoms with Crippen molar-refractivity contribution >= 4 is 34.2 Å². The fraction of sp³-hybridized carbons (Fsp3) is 0.400. The van der Waals surface area contributed by atoms with Gasteiger partial charge in [-0.3, -0.25) is 0 Å². The first kappa shape index (κ1) is 11.6. The maximum Gasteiger partial charge on any atom is 0.114 e. The largest absolute Gasteiger partial charge is 0.389 e. The molecule has 86 valence electrons. The molecule has 0 bridgehead atoms. The molecule has 0 amide bonds. The highest BCUT2D eigenvalue weighted by atomic mass is 35.5. The van der Waals surface area contributed by atoms with Crippen LogP contribution >= 0.6 is 23.2 Å². The van der Waals surface area contributed by atoms with Crippen LogP contribution in [0.3, 0.4) is 0 Å². The van der Waals surface area contributed by atoms with Crippen LogP contribution in [0.15, 0.2) is 12.1 Å². The molecule has 0 spiro atoms. The second kappa shape index (κ2) is 3.87. The predicted molar refractivity (Wildman–Crippen MR) is 63.8 cm³/mol. The van der Waals surface area contributed by atoms with Gasteiger partial charge in [0.05, 0.1) is 27.7 Å². The van der Waals surface area contributed by atoms with E-state index < -0.39 is 5.60 Å². The van der Waals surface area contributed by atoms with Gasteiger partial charge < -0.3 is 5.11 Å². The molecule has 1 aromatic carbocycles. The first-order valence-electron chi connectivity index (χ1n) is 4.77. The number of aromatic nitrogens is 3. The van der Waals surface area contributed by atoms with Crippen LogP contribution in [-0.4, -0.2) is 25.7 Å². The summed E-state index contributed by atoms with van der Waals surface area (Å²) in [4.78, 5) is 0. The fourth-order valence-corrected chi connectivity index (χ4v) is 1.76. The smallest absolute Gasteiger partial charge is 0.114 e. The first-order valence-corrected chi connectivity index (χ1v) is 5.53. The number of aliphatic hydroxyl groups is 1.